The van der Waals surface area contributed by atoms with E-state index in [1.807, 2.05) is 9.80 Å². The molecule has 12 nitrogen and oxygen atoms in total. The van der Waals surface area contributed by atoms with Gasteiger partial charge in [-0.2, -0.15) is 17.6 Å². The summed E-state index contributed by atoms with van der Waals surface area (Å²) < 4.78 is 94.1. The molecule has 4 fully saturated rings. The number of hydrogen-bond acceptors (Lipinski definition) is 6. The standard InChI is InChI=1S/C67H88F4N2O10P2/c1-5-7-9-12-62(74)72(42-44-14-20-48(21-15-44)66(68,69)84(76,77)78)60-32-30-58-56-26-18-46-40-50(24-28-52(46)54(56)34-36-64(58,60)3)82-38-11-39-83-51-25-29-53-47(41-51)19-27-57-55(53)35-37-65(4)59(57)31-33-61(65)73(63(75)13-10-8-6-2)43-45-16-22-49(23-17-45)67(70,71)85(79,80)81/h14-17,20-25,28-29,40-41,54-61H,5-13,18-19,26-27,30-39,42-43H2,1-4H3,(H2,76,77,78)(H2,79,80,81)/t54-,55-,56-,57-,58+,59+,60+,61+,64+,65+/m1/s1. The maximum atomic E-state index is 14.6. The van der Waals surface area contributed by atoms with Crippen LogP contribution in [0.25, 0.3) is 0 Å². The van der Waals surface area contributed by atoms with Crippen LogP contribution < -0.4 is 9.47 Å². The lowest BCUT2D eigenvalue weighted by molar-refractivity contribution is -0.139. The normalized spacial score (nSPS) is 27.2. The number of unbranched alkanes of at least 4 members (excludes halogenated alkanes) is 4. The summed E-state index contributed by atoms with van der Waals surface area (Å²) in [6.07, 6.45) is 18.7. The molecule has 4 N–H and O–H groups in total. The van der Waals surface area contributed by atoms with E-state index in [0.29, 0.717) is 72.7 Å². The fraction of sp³-hybridized carbons (Fsp3) is 0.612. The number of ether oxygens (including phenoxy) is 2. The summed E-state index contributed by atoms with van der Waals surface area (Å²) in [6.45, 7) is 10.5. The van der Waals surface area contributed by atoms with E-state index < -0.39 is 37.6 Å². The van der Waals surface area contributed by atoms with Gasteiger partial charge in [-0.1, -0.05) is 114 Å². The number of carbonyl (C=O) groups is 2. The van der Waals surface area contributed by atoms with Crippen molar-refractivity contribution in [3.8, 4) is 11.5 Å². The maximum Gasteiger partial charge on any atom is 0.399 e. The second kappa shape index (κ2) is 25.5. The van der Waals surface area contributed by atoms with Crippen LogP contribution in [0.5, 0.6) is 11.5 Å². The second-order valence-electron chi connectivity index (χ2n) is 26.4. The lowest BCUT2D eigenvalue weighted by Gasteiger charge is -2.52. The van der Waals surface area contributed by atoms with Gasteiger partial charge in [-0.3, -0.25) is 18.7 Å². The van der Waals surface area contributed by atoms with Crippen molar-refractivity contribution in [1.29, 1.82) is 0 Å². The number of alkyl halides is 4. The molecule has 0 radical (unpaired) electrons. The van der Waals surface area contributed by atoms with Crippen molar-refractivity contribution in [2.75, 3.05) is 13.2 Å². The van der Waals surface area contributed by atoms with Crippen molar-refractivity contribution >= 4 is 27.0 Å². The van der Waals surface area contributed by atoms with Crippen LogP contribution in [0.2, 0.25) is 0 Å². The molecule has 0 unspecified atom stereocenters. The molecule has 10 atom stereocenters. The van der Waals surface area contributed by atoms with Gasteiger partial charge in [-0.15, -0.1) is 0 Å². The zero-order valence-electron chi connectivity index (χ0n) is 49.9. The molecule has 0 saturated heterocycles. The molecule has 18 heteroatoms. The SMILES string of the molecule is CCCCCC(=O)N(Cc1ccc(C(F)(F)P(=O)(O)O)cc1)[C@H]1CC[C@H]2[C@@H]3CCc4cc(OCCCOc5ccc6c(c5)CC[C@@H]5[C@@H]6CC[C@]6(C)[C@@H](N(Cc7ccc(C(F)(F)P(=O)(O)O)cc7)C(=O)CCCCC)CC[C@@H]56)ccc4[C@H]3CC[C@]12C. The van der Waals surface area contributed by atoms with Crippen molar-refractivity contribution in [1.82, 2.24) is 9.80 Å². The molecule has 10 rings (SSSR count). The molecule has 0 aromatic heterocycles. The largest absolute Gasteiger partial charge is 0.493 e. The van der Waals surface area contributed by atoms with Gasteiger partial charge < -0.3 is 38.8 Å². The molecule has 0 heterocycles. The van der Waals surface area contributed by atoms with E-state index in [9.17, 15) is 55.9 Å². The summed E-state index contributed by atoms with van der Waals surface area (Å²) in [5.74, 6) is 4.52. The molecule has 0 spiro atoms. The van der Waals surface area contributed by atoms with Gasteiger partial charge in [0.25, 0.3) is 0 Å². The number of carbonyl (C=O) groups excluding carboxylic acids is 2. The Morgan fingerprint density at radius 2 is 0.929 bits per heavy atom. The van der Waals surface area contributed by atoms with Crippen molar-refractivity contribution < 1.29 is 65.3 Å². The van der Waals surface area contributed by atoms with Crippen LogP contribution >= 0.6 is 15.2 Å². The second-order valence-corrected chi connectivity index (χ2v) is 29.7. The van der Waals surface area contributed by atoms with Crippen LogP contribution in [0.1, 0.15) is 206 Å². The lowest BCUT2D eigenvalue weighted by atomic mass is 9.55. The molecular formula is C67H88F4N2O10P2. The van der Waals surface area contributed by atoms with Crippen molar-refractivity contribution in [3.63, 3.8) is 0 Å². The first-order valence-corrected chi connectivity index (χ1v) is 34.8. The molecule has 0 bridgehead atoms. The number of nitrogens with zero attached hydrogens (tertiary/aromatic N) is 2. The third-order valence-electron chi connectivity index (χ3n) is 21.5. The van der Waals surface area contributed by atoms with Crippen LogP contribution in [0.3, 0.4) is 0 Å². The minimum atomic E-state index is -5.71. The average Bonchev–Trinajstić information content (AvgIpc) is 3.52. The van der Waals surface area contributed by atoms with Crippen molar-refractivity contribution in [2.24, 2.45) is 34.5 Å². The first kappa shape index (κ1) is 63.5. The summed E-state index contributed by atoms with van der Waals surface area (Å²) in [7, 11) is -11.4. The lowest BCUT2D eigenvalue weighted by Crippen LogP contribution is -2.51. The topological polar surface area (TPSA) is 174 Å². The van der Waals surface area contributed by atoms with E-state index in [1.165, 1.54) is 46.5 Å². The maximum absolute atomic E-state index is 14.6. The average molecular weight is 1220 g/mol. The number of halogens is 4. The Kier molecular flexibility index (Phi) is 19.0. The fourth-order valence-corrected chi connectivity index (χ4v) is 18.1. The van der Waals surface area contributed by atoms with Gasteiger partial charge in [0.2, 0.25) is 11.8 Å². The smallest absolute Gasteiger partial charge is 0.399 e. The van der Waals surface area contributed by atoms with Crippen LogP contribution in [0.4, 0.5) is 17.6 Å². The molecular weight excluding hydrogens is 1130 g/mol. The van der Waals surface area contributed by atoms with E-state index in [-0.39, 0.29) is 47.8 Å². The Morgan fingerprint density at radius 3 is 1.29 bits per heavy atom. The van der Waals surface area contributed by atoms with Crippen molar-refractivity contribution in [2.45, 2.75) is 211 Å². The Labute approximate surface area is 499 Å². The van der Waals surface area contributed by atoms with Gasteiger partial charge in [0, 0.05) is 55.6 Å². The summed E-state index contributed by atoms with van der Waals surface area (Å²) >= 11 is 0. The Bertz CT molecular complexity index is 2910. The number of benzene rings is 4. The molecule has 0 aliphatic heterocycles. The number of rotatable bonds is 24. The van der Waals surface area contributed by atoms with Crippen molar-refractivity contribution in [3.05, 3.63) is 129 Å². The van der Waals surface area contributed by atoms with Gasteiger partial charge >= 0.3 is 26.5 Å². The Hall–Kier alpha value is -4.56. The van der Waals surface area contributed by atoms with E-state index in [0.717, 1.165) is 158 Å². The minimum absolute atomic E-state index is 0.00686. The molecule has 464 valence electrons. The highest BCUT2D eigenvalue weighted by atomic mass is 31.2. The molecule has 4 saturated carbocycles. The molecule has 85 heavy (non-hydrogen) atoms. The highest BCUT2D eigenvalue weighted by Crippen LogP contribution is 2.65. The third-order valence-corrected chi connectivity index (χ3v) is 23.5. The summed E-state index contributed by atoms with van der Waals surface area (Å²) in [5.41, 5.74) is -3.50. The van der Waals surface area contributed by atoms with Crippen LogP contribution in [-0.4, -0.2) is 66.5 Å². The van der Waals surface area contributed by atoms with Crippen LogP contribution in [-0.2, 0) is 56.0 Å². The molecule has 6 aliphatic rings. The fourth-order valence-electron chi connectivity index (χ4n) is 17.1. The highest BCUT2D eigenvalue weighted by molar-refractivity contribution is 7.52. The predicted octanol–water partition coefficient (Wildman–Crippen LogP) is 15.7. The molecule has 4 aromatic rings. The minimum Gasteiger partial charge on any atom is -0.493 e. The monoisotopic (exact) mass is 1220 g/mol. The van der Waals surface area contributed by atoms with E-state index in [2.05, 4.69) is 64.1 Å². The van der Waals surface area contributed by atoms with Gasteiger partial charge in [0.15, 0.2) is 0 Å². The quantitative estimate of drug-likeness (QED) is 0.0300. The number of aryl methyl sites for hydroxylation is 2. The Morgan fingerprint density at radius 1 is 0.541 bits per heavy atom. The number of amides is 2. The summed E-state index contributed by atoms with van der Waals surface area (Å²) in [5, 5.41) is 0. The van der Waals surface area contributed by atoms with Gasteiger partial charge in [0.05, 0.1) is 13.2 Å². The van der Waals surface area contributed by atoms with Gasteiger partial charge in [-0.25, -0.2) is 0 Å². The zero-order chi connectivity index (χ0) is 60.7. The van der Waals surface area contributed by atoms with Crippen LogP contribution in [0, 0.1) is 34.5 Å². The summed E-state index contributed by atoms with van der Waals surface area (Å²) in [4.78, 5) is 69.5. The van der Waals surface area contributed by atoms with E-state index in [1.54, 1.807) is 0 Å². The molecule has 4 aromatic carbocycles. The number of hydrogen-bond donors (Lipinski definition) is 4. The Balaban J connectivity index is 0.720. The van der Waals surface area contributed by atoms with E-state index in [4.69, 9.17) is 9.47 Å². The van der Waals surface area contributed by atoms with E-state index >= 15 is 0 Å². The summed E-state index contributed by atoms with van der Waals surface area (Å²) in [6, 6.07) is 23.4. The zero-order valence-corrected chi connectivity index (χ0v) is 51.7. The third kappa shape index (κ3) is 12.7. The predicted molar refractivity (Wildman–Crippen MR) is 319 cm³/mol. The van der Waals surface area contributed by atoms with Gasteiger partial charge in [-0.05, 0) is 194 Å². The number of fused-ring (bicyclic) bond motifs is 10. The first-order chi connectivity index (χ1) is 40.4. The highest BCUT2D eigenvalue weighted by Gasteiger charge is 2.59. The van der Waals surface area contributed by atoms with Gasteiger partial charge in [0.1, 0.15) is 11.5 Å². The molecule has 6 aliphatic carbocycles. The first-order valence-electron chi connectivity index (χ1n) is 31.6. The molecule has 2 amide bonds. The van der Waals surface area contributed by atoms with Crippen LogP contribution in [0.15, 0.2) is 84.9 Å².